The van der Waals surface area contributed by atoms with Crippen LogP contribution in [0.2, 0.25) is 0 Å². The largest absolute Gasteiger partial charge is 0.0884 e. The Morgan fingerprint density at radius 2 is 1.94 bits per heavy atom. The van der Waals surface area contributed by atoms with Gasteiger partial charge in [-0.15, -0.1) is 0 Å². The lowest BCUT2D eigenvalue weighted by Crippen LogP contribution is -2.11. The molecule has 1 heteroatoms. The topological polar surface area (TPSA) is 0 Å². The van der Waals surface area contributed by atoms with E-state index in [9.17, 15) is 0 Å². The van der Waals surface area contributed by atoms with Crippen LogP contribution in [-0.4, -0.2) is 4.83 Å². The number of halogens is 1. The van der Waals surface area contributed by atoms with Crippen LogP contribution in [0.15, 0.2) is 24.3 Å². The van der Waals surface area contributed by atoms with Crippen molar-refractivity contribution < 1.29 is 0 Å². The van der Waals surface area contributed by atoms with E-state index < -0.39 is 0 Å². The molecular formula is C17H25Br. The van der Waals surface area contributed by atoms with Crippen LogP contribution in [0, 0.1) is 5.92 Å². The third-order valence-electron chi connectivity index (χ3n) is 3.95. The second kappa shape index (κ2) is 6.75. The van der Waals surface area contributed by atoms with E-state index in [2.05, 4.69) is 54.0 Å². The van der Waals surface area contributed by atoms with E-state index >= 15 is 0 Å². The van der Waals surface area contributed by atoms with E-state index in [1.54, 1.807) is 5.56 Å². The molecule has 1 aromatic rings. The number of benzene rings is 1. The van der Waals surface area contributed by atoms with Crippen LogP contribution >= 0.6 is 15.9 Å². The van der Waals surface area contributed by atoms with Crippen LogP contribution in [0.1, 0.15) is 63.0 Å². The predicted molar refractivity (Wildman–Crippen MR) is 83.5 cm³/mol. The van der Waals surface area contributed by atoms with E-state index in [4.69, 9.17) is 0 Å². The van der Waals surface area contributed by atoms with E-state index in [0.29, 0.717) is 4.83 Å². The van der Waals surface area contributed by atoms with Crippen molar-refractivity contribution in [2.24, 2.45) is 5.92 Å². The normalized spacial score (nSPS) is 25.1. The molecule has 1 aromatic carbocycles. The van der Waals surface area contributed by atoms with E-state index in [1.807, 2.05) is 0 Å². The highest BCUT2D eigenvalue weighted by atomic mass is 79.9. The first kappa shape index (κ1) is 14.1. The Balaban J connectivity index is 2.15. The first-order chi connectivity index (χ1) is 8.66. The minimum atomic E-state index is 0.675. The summed E-state index contributed by atoms with van der Waals surface area (Å²) in [5.74, 6) is 1.47. The molecule has 0 heterocycles. The minimum Gasteiger partial charge on any atom is -0.0884 e. The molecule has 0 nitrogen and oxygen atoms in total. The zero-order valence-electron chi connectivity index (χ0n) is 11.7. The molecule has 2 unspecified atom stereocenters. The number of rotatable bonds is 3. The molecule has 0 radical (unpaired) electrons. The highest BCUT2D eigenvalue weighted by Gasteiger charge is 2.22. The average molecular weight is 309 g/mol. The Labute approximate surface area is 120 Å². The Morgan fingerprint density at radius 1 is 1.17 bits per heavy atom. The SMILES string of the molecule is CC(C)Cc1cccc(C2CCCCCC2Br)c1. The van der Waals surface area contributed by atoms with Gasteiger partial charge in [0.15, 0.2) is 0 Å². The van der Waals surface area contributed by atoms with Gasteiger partial charge in [-0.3, -0.25) is 0 Å². The Morgan fingerprint density at radius 3 is 2.72 bits per heavy atom. The first-order valence-electron chi connectivity index (χ1n) is 7.39. The van der Waals surface area contributed by atoms with Gasteiger partial charge in [0.05, 0.1) is 0 Å². The van der Waals surface area contributed by atoms with Gasteiger partial charge >= 0.3 is 0 Å². The summed E-state index contributed by atoms with van der Waals surface area (Å²) in [6, 6.07) is 9.30. The van der Waals surface area contributed by atoms with Gasteiger partial charge in [-0.2, -0.15) is 0 Å². The van der Waals surface area contributed by atoms with Gasteiger partial charge < -0.3 is 0 Å². The van der Waals surface area contributed by atoms with Crippen molar-refractivity contribution in [2.45, 2.75) is 63.1 Å². The summed E-state index contributed by atoms with van der Waals surface area (Å²) in [5, 5.41) is 0. The summed E-state index contributed by atoms with van der Waals surface area (Å²) >= 11 is 3.92. The fraction of sp³-hybridized carbons (Fsp3) is 0.647. The Bertz CT molecular complexity index is 370. The molecule has 0 aromatic heterocycles. The van der Waals surface area contributed by atoms with Crippen molar-refractivity contribution in [1.29, 1.82) is 0 Å². The molecule has 0 saturated heterocycles. The molecule has 0 aliphatic heterocycles. The van der Waals surface area contributed by atoms with Gasteiger partial charge in [0.2, 0.25) is 0 Å². The van der Waals surface area contributed by atoms with Crippen molar-refractivity contribution in [3.63, 3.8) is 0 Å². The molecule has 1 aliphatic rings. The zero-order chi connectivity index (χ0) is 13.0. The Kier molecular flexibility index (Phi) is 5.29. The number of hydrogen-bond acceptors (Lipinski definition) is 0. The zero-order valence-corrected chi connectivity index (χ0v) is 13.2. The predicted octanol–water partition coefficient (Wildman–Crippen LogP) is 5.70. The minimum absolute atomic E-state index is 0.675. The molecule has 18 heavy (non-hydrogen) atoms. The highest BCUT2D eigenvalue weighted by Crippen LogP contribution is 2.36. The standard InChI is InChI=1S/C17H25Br/c1-13(2)11-14-7-6-8-15(12-14)16-9-4-3-5-10-17(16)18/h6-8,12-13,16-17H,3-5,9-11H2,1-2H3. The smallest absolute Gasteiger partial charge is 0.0214 e. The van der Waals surface area contributed by atoms with Crippen LogP contribution in [0.3, 0.4) is 0 Å². The van der Waals surface area contributed by atoms with Crippen LogP contribution < -0.4 is 0 Å². The number of alkyl halides is 1. The lowest BCUT2D eigenvalue weighted by atomic mass is 9.89. The van der Waals surface area contributed by atoms with Crippen LogP contribution in [0.5, 0.6) is 0 Å². The molecule has 1 fully saturated rings. The van der Waals surface area contributed by atoms with Gasteiger partial charge in [-0.1, -0.05) is 73.3 Å². The van der Waals surface area contributed by atoms with Gasteiger partial charge in [0, 0.05) is 4.83 Å². The summed E-state index contributed by atoms with van der Waals surface area (Å²) in [4.78, 5) is 0.675. The molecule has 2 rings (SSSR count). The summed E-state index contributed by atoms with van der Waals surface area (Å²) < 4.78 is 0. The van der Waals surface area contributed by atoms with Crippen molar-refractivity contribution in [1.82, 2.24) is 0 Å². The highest BCUT2D eigenvalue weighted by molar-refractivity contribution is 9.09. The third-order valence-corrected chi connectivity index (χ3v) is 5.05. The lowest BCUT2D eigenvalue weighted by molar-refractivity contribution is 0.608. The fourth-order valence-electron chi connectivity index (χ4n) is 3.06. The van der Waals surface area contributed by atoms with Gasteiger partial charge in [0.25, 0.3) is 0 Å². The second-order valence-electron chi connectivity index (χ2n) is 6.10. The summed E-state index contributed by atoms with van der Waals surface area (Å²) in [7, 11) is 0. The van der Waals surface area contributed by atoms with Crippen LogP contribution in [0.25, 0.3) is 0 Å². The van der Waals surface area contributed by atoms with E-state index in [-0.39, 0.29) is 0 Å². The molecular weight excluding hydrogens is 284 g/mol. The maximum Gasteiger partial charge on any atom is 0.0214 e. The van der Waals surface area contributed by atoms with Crippen molar-refractivity contribution in [3.8, 4) is 0 Å². The average Bonchev–Trinajstić information content (AvgIpc) is 2.53. The third kappa shape index (κ3) is 3.85. The quantitative estimate of drug-likeness (QED) is 0.496. The summed E-state index contributed by atoms with van der Waals surface area (Å²) in [6.07, 6.45) is 8.07. The Hall–Kier alpha value is -0.300. The lowest BCUT2D eigenvalue weighted by Gasteiger charge is -2.21. The number of hydrogen-bond donors (Lipinski definition) is 0. The van der Waals surface area contributed by atoms with Crippen molar-refractivity contribution in [3.05, 3.63) is 35.4 Å². The van der Waals surface area contributed by atoms with Gasteiger partial charge in [-0.25, -0.2) is 0 Å². The second-order valence-corrected chi connectivity index (χ2v) is 7.28. The fourth-order valence-corrected chi connectivity index (χ4v) is 3.95. The summed E-state index contributed by atoms with van der Waals surface area (Å²) in [5.41, 5.74) is 3.06. The molecule has 0 spiro atoms. The monoisotopic (exact) mass is 308 g/mol. The molecule has 2 atom stereocenters. The maximum absolute atomic E-state index is 3.92. The summed E-state index contributed by atoms with van der Waals surface area (Å²) in [6.45, 7) is 4.59. The van der Waals surface area contributed by atoms with Crippen molar-refractivity contribution >= 4 is 15.9 Å². The van der Waals surface area contributed by atoms with E-state index in [1.165, 1.54) is 44.1 Å². The first-order valence-corrected chi connectivity index (χ1v) is 8.31. The molecule has 1 aliphatic carbocycles. The van der Waals surface area contributed by atoms with E-state index in [0.717, 1.165) is 11.8 Å². The van der Waals surface area contributed by atoms with Crippen LogP contribution in [-0.2, 0) is 6.42 Å². The van der Waals surface area contributed by atoms with Gasteiger partial charge in [0.1, 0.15) is 0 Å². The van der Waals surface area contributed by atoms with Gasteiger partial charge in [-0.05, 0) is 42.2 Å². The van der Waals surface area contributed by atoms with Crippen LogP contribution in [0.4, 0.5) is 0 Å². The maximum atomic E-state index is 3.92. The molecule has 100 valence electrons. The molecule has 1 saturated carbocycles. The molecule has 0 N–H and O–H groups in total. The molecule has 0 amide bonds. The van der Waals surface area contributed by atoms with Crippen molar-refractivity contribution in [2.75, 3.05) is 0 Å². The molecule has 0 bridgehead atoms.